The second kappa shape index (κ2) is 5.75. The first-order valence-electron chi connectivity index (χ1n) is 8.09. The molecule has 1 aliphatic rings. The van der Waals surface area contributed by atoms with Crippen LogP contribution >= 0.6 is 0 Å². The van der Waals surface area contributed by atoms with E-state index >= 15 is 0 Å². The fourth-order valence-electron chi connectivity index (χ4n) is 3.35. The smallest absolute Gasteiger partial charge is 0.309 e. The molecule has 3 rings (SSSR count). The lowest BCUT2D eigenvalue weighted by Crippen LogP contribution is -2.30. The summed E-state index contributed by atoms with van der Waals surface area (Å²) in [5, 5.41) is 0. The van der Waals surface area contributed by atoms with Gasteiger partial charge in [-0.2, -0.15) is 0 Å². The number of pyridine rings is 1. The van der Waals surface area contributed by atoms with Crippen molar-refractivity contribution in [2.24, 2.45) is 5.92 Å². The molecule has 1 saturated carbocycles. The second-order valence-corrected chi connectivity index (χ2v) is 7.22. The predicted molar refractivity (Wildman–Crippen MR) is 86.6 cm³/mol. The van der Waals surface area contributed by atoms with Crippen molar-refractivity contribution in [1.29, 1.82) is 0 Å². The second-order valence-electron chi connectivity index (χ2n) is 7.22. The molecule has 0 amide bonds. The van der Waals surface area contributed by atoms with Gasteiger partial charge in [0.15, 0.2) is 0 Å². The molecular formula is C18H24N2O2. The summed E-state index contributed by atoms with van der Waals surface area (Å²) in [4.78, 5) is 19.9. The molecule has 0 atom stereocenters. The van der Waals surface area contributed by atoms with E-state index in [4.69, 9.17) is 4.74 Å². The zero-order valence-corrected chi connectivity index (χ0v) is 13.6. The van der Waals surface area contributed by atoms with Gasteiger partial charge in [-0.15, -0.1) is 0 Å². The molecule has 2 heterocycles. The number of aromatic amines is 1. The van der Waals surface area contributed by atoms with Gasteiger partial charge < -0.3 is 9.72 Å². The van der Waals surface area contributed by atoms with Crippen LogP contribution < -0.4 is 0 Å². The van der Waals surface area contributed by atoms with E-state index in [9.17, 15) is 4.79 Å². The molecule has 1 fully saturated rings. The fraction of sp³-hybridized carbons (Fsp3) is 0.556. The molecule has 0 aromatic carbocycles. The van der Waals surface area contributed by atoms with E-state index in [1.807, 2.05) is 39.2 Å². The molecule has 4 heteroatoms. The number of nitrogens with zero attached hydrogens (tertiary/aromatic N) is 1. The summed E-state index contributed by atoms with van der Waals surface area (Å²) in [6.45, 7) is 5.78. The number of H-pyrrole nitrogens is 1. The zero-order valence-electron chi connectivity index (χ0n) is 13.6. The predicted octanol–water partition coefficient (Wildman–Crippen LogP) is 4.18. The number of nitrogens with one attached hydrogen (secondary N) is 1. The fourth-order valence-corrected chi connectivity index (χ4v) is 3.35. The lowest BCUT2D eigenvalue weighted by atomic mass is 9.78. The third-order valence-corrected chi connectivity index (χ3v) is 4.39. The van der Waals surface area contributed by atoms with Crippen LogP contribution in [-0.2, 0) is 9.53 Å². The van der Waals surface area contributed by atoms with E-state index in [1.165, 1.54) is 5.56 Å². The molecular weight excluding hydrogens is 276 g/mol. The Morgan fingerprint density at radius 1 is 1.23 bits per heavy atom. The minimum absolute atomic E-state index is 0.0364. The minimum Gasteiger partial charge on any atom is -0.460 e. The number of esters is 1. The largest absolute Gasteiger partial charge is 0.460 e. The summed E-state index contributed by atoms with van der Waals surface area (Å²) in [7, 11) is 0. The van der Waals surface area contributed by atoms with Gasteiger partial charge in [-0.25, -0.2) is 0 Å². The van der Waals surface area contributed by atoms with Crippen LogP contribution in [0.2, 0.25) is 0 Å². The highest BCUT2D eigenvalue weighted by Gasteiger charge is 2.31. The van der Waals surface area contributed by atoms with Crippen molar-refractivity contribution in [3.05, 3.63) is 30.1 Å². The summed E-state index contributed by atoms with van der Waals surface area (Å²) >= 11 is 0. The molecule has 1 N–H and O–H groups in total. The summed E-state index contributed by atoms with van der Waals surface area (Å²) in [5.41, 5.74) is 3.10. The number of hydrogen-bond acceptors (Lipinski definition) is 3. The van der Waals surface area contributed by atoms with Gasteiger partial charge >= 0.3 is 5.97 Å². The summed E-state index contributed by atoms with van der Waals surface area (Å²) < 4.78 is 5.52. The SMILES string of the molecule is CC(C)(C)OC(=O)C1CCC(c2ccnc3cc[nH]c23)CC1. The highest BCUT2D eigenvalue weighted by molar-refractivity contribution is 5.79. The molecule has 0 spiro atoms. The van der Waals surface area contributed by atoms with Crippen molar-refractivity contribution in [2.75, 3.05) is 0 Å². The number of fused-ring (bicyclic) bond motifs is 1. The molecule has 1 aliphatic carbocycles. The van der Waals surface area contributed by atoms with Crippen LogP contribution in [-0.4, -0.2) is 21.5 Å². The average Bonchev–Trinajstić information content (AvgIpc) is 2.94. The number of ether oxygens (including phenoxy) is 1. The summed E-state index contributed by atoms with van der Waals surface area (Å²) in [5.74, 6) is 0.519. The Kier molecular flexibility index (Phi) is 3.94. The number of carbonyl (C=O) groups is 1. The molecule has 0 saturated heterocycles. The van der Waals surface area contributed by atoms with Gasteiger partial charge in [0.1, 0.15) is 5.60 Å². The van der Waals surface area contributed by atoms with E-state index in [-0.39, 0.29) is 11.9 Å². The minimum atomic E-state index is -0.393. The monoisotopic (exact) mass is 300 g/mol. The third kappa shape index (κ3) is 3.16. The molecule has 0 unspecified atom stereocenters. The highest BCUT2D eigenvalue weighted by atomic mass is 16.6. The van der Waals surface area contributed by atoms with Crippen LogP contribution in [0.15, 0.2) is 24.5 Å². The van der Waals surface area contributed by atoms with Crippen molar-refractivity contribution in [1.82, 2.24) is 9.97 Å². The van der Waals surface area contributed by atoms with Crippen LogP contribution in [0.5, 0.6) is 0 Å². The maximum Gasteiger partial charge on any atom is 0.309 e. The molecule has 2 aromatic heterocycles. The maximum atomic E-state index is 12.2. The standard InChI is InChI=1S/C18H24N2O2/c1-18(2,3)22-17(21)13-6-4-12(5-7-13)14-8-10-19-15-9-11-20-16(14)15/h8-13,20H,4-7H2,1-3H3. The first-order valence-corrected chi connectivity index (χ1v) is 8.09. The maximum absolute atomic E-state index is 12.2. The first-order chi connectivity index (χ1) is 10.4. The molecule has 2 aromatic rings. The molecule has 0 bridgehead atoms. The van der Waals surface area contributed by atoms with Gasteiger partial charge in [0.05, 0.1) is 17.0 Å². The van der Waals surface area contributed by atoms with E-state index < -0.39 is 5.60 Å². The van der Waals surface area contributed by atoms with Crippen LogP contribution in [0, 0.1) is 5.92 Å². The summed E-state index contributed by atoms with van der Waals surface area (Å²) in [6, 6.07) is 4.11. The van der Waals surface area contributed by atoms with E-state index in [2.05, 4.69) is 16.0 Å². The van der Waals surface area contributed by atoms with Crippen molar-refractivity contribution in [2.45, 2.75) is 58.0 Å². The Labute approximate surface area is 131 Å². The number of hydrogen-bond donors (Lipinski definition) is 1. The molecule has 0 radical (unpaired) electrons. The Balaban J connectivity index is 1.67. The average molecular weight is 300 g/mol. The van der Waals surface area contributed by atoms with Gasteiger partial charge in [0, 0.05) is 12.4 Å². The van der Waals surface area contributed by atoms with Crippen LogP contribution in [0.3, 0.4) is 0 Å². The van der Waals surface area contributed by atoms with Gasteiger partial charge in [-0.3, -0.25) is 9.78 Å². The van der Waals surface area contributed by atoms with Crippen LogP contribution in [0.25, 0.3) is 11.0 Å². The van der Waals surface area contributed by atoms with Crippen molar-refractivity contribution in [3.63, 3.8) is 0 Å². The van der Waals surface area contributed by atoms with Crippen molar-refractivity contribution in [3.8, 4) is 0 Å². The lowest BCUT2D eigenvalue weighted by Gasteiger charge is -2.30. The van der Waals surface area contributed by atoms with Crippen molar-refractivity contribution < 1.29 is 9.53 Å². The van der Waals surface area contributed by atoms with E-state index in [0.717, 1.165) is 36.7 Å². The quantitative estimate of drug-likeness (QED) is 0.847. The Hall–Kier alpha value is -1.84. The Bertz CT molecular complexity index is 661. The first kappa shape index (κ1) is 15.1. The van der Waals surface area contributed by atoms with Crippen LogP contribution in [0.1, 0.15) is 57.9 Å². The molecule has 22 heavy (non-hydrogen) atoms. The topological polar surface area (TPSA) is 55.0 Å². The highest BCUT2D eigenvalue weighted by Crippen LogP contribution is 2.38. The molecule has 4 nitrogen and oxygen atoms in total. The van der Waals surface area contributed by atoms with Gasteiger partial charge in [0.2, 0.25) is 0 Å². The van der Waals surface area contributed by atoms with Crippen molar-refractivity contribution >= 4 is 17.0 Å². The number of aromatic nitrogens is 2. The number of carbonyl (C=O) groups excluding carboxylic acids is 1. The Morgan fingerprint density at radius 3 is 2.64 bits per heavy atom. The van der Waals surface area contributed by atoms with E-state index in [0.29, 0.717) is 5.92 Å². The van der Waals surface area contributed by atoms with Gasteiger partial charge in [-0.1, -0.05) is 0 Å². The van der Waals surface area contributed by atoms with Crippen LogP contribution in [0.4, 0.5) is 0 Å². The number of rotatable bonds is 2. The molecule has 118 valence electrons. The lowest BCUT2D eigenvalue weighted by molar-refractivity contribution is -0.161. The molecule has 0 aliphatic heterocycles. The summed E-state index contributed by atoms with van der Waals surface area (Å²) in [6.07, 6.45) is 7.69. The third-order valence-electron chi connectivity index (χ3n) is 4.39. The Morgan fingerprint density at radius 2 is 1.95 bits per heavy atom. The van der Waals surface area contributed by atoms with E-state index in [1.54, 1.807) is 0 Å². The van der Waals surface area contributed by atoms with Gasteiger partial charge in [0.25, 0.3) is 0 Å². The normalized spacial score (nSPS) is 22.7. The van der Waals surface area contributed by atoms with Gasteiger partial charge in [-0.05, 0) is 70.1 Å². The zero-order chi connectivity index (χ0) is 15.7.